The average molecular weight is 605 g/mol. The van der Waals surface area contributed by atoms with Crippen LogP contribution >= 0.6 is 11.6 Å². The highest BCUT2D eigenvalue weighted by Gasteiger charge is 2.37. The highest BCUT2D eigenvalue weighted by atomic mass is 35.5. The van der Waals surface area contributed by atoms with E-state index < -0.39 is 69.4 Å². The number of pyridine rings is 1. The molecular weight excluding hydrogens is 589 g/mol. The van der Waals surface area contributed by atoms with E-state index in [1.54, 1.807) is 0 Å². The monoisotopic (exact) mass is 604 g/mol. The Morgan fingerprint density at radius 3 is 2.17 bits per heavy atom. The SMILES string of the molecule is COc1cc(F)c(-c2c(NC(=O)c3ccc(OC(F)F)cc3)c(=O)n(-c3nc(Cl)ccc3C(F)(F)F)n2C)c(F)c1. The van der Waals surface area contributed by atoms with Gasteiger partial charge in [-0.15, -0.1) is 0 Å². The van der Waals surface area contributed by atoms with Crippen LogP contribution in [0.25, 0.3) is 17.1 Å². The molecule has 0 aliphatic heterocycles. The van der Waals surface area contributed by atoms with Crippen LogP contribution in [0.5, 0.6) is 11.5 Å². The number of aromatic nitrogens is 3. The molecule has 2 aromatic heterocycles. The summed E-state index contributed by atoms with van der Waals surface area (Å²) in [5.74, 6) is -5.23. The molecule has 216 valence electrons. The Hall–Kier alpha value is -4.53. The molecular formula is C25H16ClF7N4O4. The Kier molecular flexibility index (Phi) is 8.01. The number of hydrogen-bond acceptors (Lipinski definition) is 5. The highest BCUT2D eigenvalue weighted by molar-refractivity contribution is 6.29. The largest absolute Gasteiger partial charge is 0.497 e. The van der Waals surface area contributed by atoms with Gasteiger partial charge >= 0.3 is 12.8 Å². The highest BCUT2D eigenvalue weighted by Crippen LogP contribution is 2.37. The van der Waals surface area contributed by atoms with Crippen molar-refractivity contribution in [2.24, 2.45) is 7.05 Å². The van der Waals surface area contributed by atoms with Crippen LogP contribution in [0.4, 0.5) is 36.4 Å². The molecule has 0 fully saturated rings. The van der Waals surface area contributed by atoms with Crippen molar-refractivity contribution in [2.45, 2.75) is 12.8 Å². The smallest absolute Gasteiger partial charge is 0.420 e. The molecule has 0 radical (unpaired) electrons. The third-order valence-electron chi connectivity index (χ3n) is 5.68. The molecule has 0 saturated heterocycles. The van der Waals surface area contributed by atoms with Crippen molar-refractivity contribution in [3.63, 3.8) is 0 Å². The first kappa shape index (κ1) is 29.5. The number of rotatable bonds is 7. The third kappa shape index (κ3) is 5.84. The van der Waals surface area contributed by atoms with Crippen LogP contribution in [0.2, 0.25) is 5.15 Å². The summed E-state index contributed by atoms with van der Waals surface area (Å²) in [6.45, 7) is -3.14. The Balaban J connectivity index is 1.96. The summed E-state index contributed by atoms with van der Waals surface area (Å²) in [5, 5.41) is 1.71. The van der Waals surface area contributed by atoms with Crippen molar-refractivity contribution in [1.29, 1.82) is 0 Å². The fraction of sp³-hybridized carbons (Fsp3) is 0.160. The molecule has 16 heteroatoms. The van der Waals surface area contributed by atoms with E-state index >= 15 is 8.78 Å². The zero-order valence-electron chi connectivity index (χ0n) is 20.7. The summed E-state index contributed by atoms with van der Waals surface area (Å²) >= 11 is 5.81. The first-order chi connectivity index (χ1) is 19.2. The molecule has 2 aromatic carbocycles. The van der Waals surface area contributed by atoms with Crippen LogP contribution in [-0.4, -0.2) is 34.0 Å². The maximum absolute atomic E-state index is 15.2. The number of alkyl halides is 5. The van der Waals surface area contributed by atoms with Gasteiger partial charge in [-0.2, -0.15) is 26.6 Å². The van der Waals surface area contributed by atoms with Gasteiger partial charge in [0.1, 0.15) is 45.2 Å². The van der Waals surface area contributed by atoms with Gasteiger partial charge in [-0.25, -0.2) is 13.8 Å². The summed E-state index contributed by atoms with van der Waals surface area (Å²) in [7, 11) is 2.14. The van der Waals surface area contributed by atoms with Crippen molar-refractivity contribution in [3.8, 4) is 28.6 Å². The van der Waals surface area contributed by atoms with Crippen molar-refractivity contribution in [1.82, 2.24) is 14.3 Å². The number of halogens is 8. The second-order valence-corrected chi connectivity index (χ2v) is 8.58. The van der Waals surface area contributed by atoms with Gasteiger partial charge in [0, 0.05) is 24.7 Å². The Labute approximate surface area is 230 Å². The quantitative estimate of drug-likeness (QED) is 0.205. The molecule has 0 atom stereocenters. The lowest BCUT2D eigenvalue weighted by molar-refractivity contribution is -0.137. The number of anilines is 1. The topological polar surface area (TPSA) is 87.4 Å². The molecule has 0 unspecified atom stereocenters. The number of ether oxygens (including phenoxy) is 2. The zero-order chi connectivity index (χ0) is 30.2. The van der Waals surface area contributed by atoms with Gasteiger partial charge in [-0.05, 0) is 36.4 Å². The van der Waals surface area contributed by atoms with Crippen molar-refractivity contribution >= 4 is 23.2 Å². The maximum Gasteiger partial charge on any atom is 0.420 e. The summed E-state index contributed by atoms with van der Waals surface area (Å²) in [5.41, 5.74) is -5.39. The maximum atomic E-state index is 15.2. The molecule has 0 bridgehead atoms. The van der Waals surface area contributed by atoms with Crippen LogP contribution in [0, 0.1) is 11.6 Å². The first-order valence-corrected chi connectivity index (χ1v) is 11.6. The Morgan fingerprint density at radius 1 is 1.02 bits per heavy atom. The van der Waals surface area contributed by atoms with E-state index in [0.29, 0.717) is 15.4 Å². The second kappa shape index (κ2) is 11.2. The van der Waals surface area contributed by atoms with E-state index in [4.69, 9.17) is 16.3 Å². The van der Waals surface area contributed by atoms with Gasteiger partial charge in [0.05, 0.1) is 12.7 Å². The number of methoxy groups -OCH3 is 1. The summed E-state index contributed by atoms with van der Waals surface area (Å²) in [6, 6.07) is 7.01. The lowest BCUT2D eigenvalue weighted by atomic mass is 10.1. The predicted octanol–water partition coefficient (Wildman–Crippen LogP) is 6.05. The van der Waals surface area contributed by atoms with Gasteiger partial charge in [0.25, 0.3) is 11.5 Å². The Bertz CT molecular complexity index is 1660. The number of hydrogen-bond donors (Lipinski definition) is 1. The number of amides is 1. The predicted molar refractivity (Wildman–Crippen MR) is 132 cm³/mol. The van der Waals surface area contributed by atoms with Gasteiger partial charge in [0.15, 0.2) is 5.82 Å². The third-order valence-corrected chi connectivity index (χ3v) is 5.89. The molecule has 1 amide bonds. The summed E-state index contributed by atoms with van der Waals surface area (Å²) in [4.78, 5) is 30.2. The minimum atomic E-state index is -5.04. The lowest BCUT2D eigenvalue weighted by Crippen LogP contribution is -2.26. The minimum Gasteiger partial charge on any atom is -0.497 e. The molecule has 0 aliphatic carbocycles. The molecule has 8 nitrogen and oxygen atoms in total. The van der Waals surface area contributed by atoms with E-state index in [1.807, 2.05) is 0 Å². The van der Waals surface area contributed by atoms with Crippen molar-refractivity contribution in [2.75, 3.05) is 12.4 Å². The van der Waals surface area contributed by atoms with Crippen LogP contribution in [-0.2, 0) is 13.2 Å². The average Bonchev–Trinajstić information content (AvgIpc) is 3.11. The number of carbonyl (C=O) groups excluding carboxylic acids is 1. The van der Waals surface area contributed by atoms with E-state index in [9.17, 15) is 31.5 Å². The fourth-order valence-electron chi connectivity index (χ4n) is 3.92. The molecule has 2 heterocycles. The van der Waals surface area contributed by atoms with E-state index in [1.165, 1.54) is 0 Å². The Morgan fingerprint density at radius 2 is 1.63 bits per heavy atom. The van der Waals surface area contributed by atoms with Crippen LogP contribution < -0.4 is 20.3 Å². The summed E-state index contributed by atoms with van der Waals surface area (Å²) in [6.07, 6.45) is -5.04. The normalized spacial score (nSPS) is 11.6. The first-order valence-electron chi connectivity index (χ1n) is 11.2. The molecule has 1 N–H and O–H groups in total. The van der Waals surface area contributed by atoms with Crippen molar-refractivity contribution in [3.05, 3.63) is 86.8 Å². The van der Waals surface area contributed by atoms with E-state index in [-0.39, 0.29) is 17.1 Å². The molecule has 41 heavy (non-hydrogen) atoms. The molecule has 0 saturated carbocycles. The molecule has 0 aliphatic rings. The van der Waals surface area contributed by atoms with Crippen LogP contribution in [0.1, 0.15) is 15.9 Å². The number of benzene rings is 2. The van der Waals surface area contributed by atoms with Gasteiger partial charge in [-0.1, -0.05) is 11.6 Å². The molecule has 0 spiro atoms. The van der Waals surface area contributed by atoms with Gasteiger partial charge in [-0.3, -0.25) is 14.3 Å². The molecule has 4 aromatic rings. The standard InChI is InChI=1S/C25H16ClF7N4O4/c1-36-20(18-15(27)9-13(40-2)10-16(18)28)19(35-22(38)11-3-5-12(6-4-11)41-24(29)30)23(39)37(36)21-14(25(31,32)33)7-8-17(26)34-21/h3-10,24H,1-2H3,(H,35,38). The summed E-state index contributed by atoms with van der Waals surface area (Å²) < 4.78 is 107. The van der Waals surface area contributed by atoms with E-state index in [2.05, 4.69) is 15.0 Å². The van der Waals surface area contributed by atoms with Gasteiger partial charge < -0.3 is 14.8 Å². The zero-order valence-corrected chi connectivity index (χ0v) is 21.5. The van der Waals surface area contributed by atoms with Gasteiger partial charge in [0.2, 0.25) is 0 Å². The lowest BCUT2D eigenvalue weighted by Gasteiger charge is -2.16. The number of carbonyl (C=O) groups is 1. The number of nitrogens with one attached hydrogen (secondary N) is 1. The molecule has 4 rings (SSSR count). The van der Waals surface area contributed by atoms with Crippen molar-refractivity contribution < 1.29 is 45.0 Å². The second-order valence-electron chi connectivity index (χ2n) is 8.19. The van der Waals surface area contributed by atoms with Crippen LogP contribution in [0.3, 0.4) is 0 Å². The van der Waals surface area contributed by atoms with Crippen LogP contribution in [0.15, 0.2) is 53.3 Å². The minimum absolute atomic E-state index is 0.222. The van der Waals surface area contributed by atoms with E-state index in [0.717, 1.165) is 56.6 Å². The fourth-order valence-corrected chi connectivity index (χ4v) is 4.06. The number of nitrogens with zero attached hydrogens (tertiary/aromatic N) is 3.